The van der Waals surface area contributed by atoms with Crippen LogP contribution < -0.4 is 9.64 Å². The van der Waals surface area contributed by atoms with Gasteiger partial charge in [-0.05, 0) is 18.9 Å². The van der Waals surface area contributed by atoms with E-state index in [0.29, 0.717) is 5.75 Å². The molecule has 1 amide bonds. The van der Waals surface area contributed by atoms with Gasteiger partial charge >= 0.3 is 5.97 Å². The van der Waals surface area contributed by atoms with Crippen molar-refractivity contribution in [2.75, 3.05) is 18.1 Å². The largest absolute Gasteiger partial charge is 0.478 e. The summed E-state index contributed by atoms with van der Waals surface area (Å²) in [4.78, 5) is 35.9. The summed E-state index contributed by atoms with van der Waals surface area (Å²) in [7, 11) is 0. The van der Waals surface area contributed by atoms with Crippen molar-refractivity contribution in [2.45, 2.75) is 26.9 Å². The van der Waals surface area contributed by atoms with Gasteiger partial charge in [0.2, 0.25) is 0 Å². The molecule has 8 heteroatoms. The molecule has 0 saturated heterocycles. The third-order valence-corrected chi connectivity index (χ3v) is 3.41. The average Bonchev–Trinajstić information content (AvgIpc) is 2.49. The Hall–Kier alpha value is -2.64. The highest BCUT2D eigenvalue weighted by molar-refractivity contribution is 6.03. The highest BCUT2D eigenvalue weighted by atomic mass is 16.6. The van der Waals surface area contributed by atoms with E-state index < -0.39 is 22.9 Å². The molecule has 1 unspecified atom stereocenters. The number of anilines is 1. The van der Waals surface area contributed by atoms with Gasteiger partial charge in [-0.3, -0.25) is 24.6 Å². The van der Waals surface area contributed by atoms with E-state index in [1.165, 1.54) is 23.1 Å². The number of rotatable bonds is 5. The Morgan fingerprint density at radius 2 is 2.17 bits per heavy atom. The minimum absolute atomic E-state index is 0.115. The smallest absolute Gasteiger partial charge is 0.326 e. The lowest BCUT2D eigenvalue weighted by Crippen LogP contribution is -2.50. The zero-order valence-corrected chi connectivity index (χ0v) is 13.1. The standard InChI is InChI=1S/C15H18N2O6/c1-4-22-13(18)8-16-11-7-10(17(20)21)5-6-12(11)23-14(9(2)3)15(16)19/h5-7,9,14H,4,8H2,1-3H3. The first kappa shape index (κ1) is 16.7. The number of non-ortho nitro benzene ring substituents is 1. The summed E-state index contributed by atoms with van der Waals surface area (Å²) in [5.74, 6) is -0.780. The SMILES string of the molecule is CCOC(=O)CN1C(=O)C(C(C)C)Oc2ccc([N+](=O)[O-])cc21. The third kappa shape index (κ3) is 3.41. The minimum atomic E-state index is -0.751. The summed E-state index contributed by atoms with van der Waals surface area (Å²) in [5.41, 5.74) is 0.0196. The molecule has 1 atom stereocenters. The molecule has 2 rings (SSSR count). The van der Waals surface area contributed by atoms with Crippen molar-refractivity contribution in [3.63, 3.8) is 0 Å². The minimum Gasteiger partial charge on any atom is -0.478 e. The molecular formula is C15H18N2O6. The van der Waals surface area contributed by atoms with E-state index in [2.05, 4.69) is 0 Å². The molecule has 0 spiro atoms. The maximum absolute atomic E-state index is 12.6. The van der Waals surface area contributed by atoms with Gasteiger partial charge in [-0.25, -0.2) is 0 Å². The quantitative estimate of drug-likeness (QED) is 0.466. The van der Waals surface area contributed by atoms with E-state index in [1.54, 1.807) is 6.92 Å². The van der Waals surface area contributed by atoms with Crippen LogP contribution in [0.4, 0.5) is 11.4 Å². The Kier molecular flexibility index (Phi) is 4.83. The topological polar surface area (TPSA) is 99.0 Å². The predicted molar refractivity (Wildman–Crippen MR) is 81.3 cm³/mol. The fourth-order valence-electron chi connectivity index (χ4n) is 2.31. The number of amides is 1. The van der Waals surface area contributed by atoms with Gasteiger partial charge in [0, 0.05) is 12.1 Å². The Labute approximate surface area is 133 Å². The number of nitro benzene ring substituents is 1. The maximum atomic E-state index is 12.6. The Balaban J connectivity index is 2.44. The van der Waals surface area contributed by atoms with Crippen molar-refractivity contribution < 1.29 is 24.0 Å². The molecule has 124 valence electrons. The molecule has 0 saturated carbocycles. The summed E-state index contributed by atoms with van der Waals surface area (Å²) in [5, 5.41) is 10.9. The number of nitrogens with zero attached hydrogens (tertiary/aromatic N) is 2. The van der Waals surface area contributed by atoms with Crippen LogP contribution in [0.25, 0.3) is 0 Å². The Morgan fingerprint density at radius 1 is 1.48 bits per heavy atom. The summed E-state index contributed by atoms with van der Waals surface area (Å²) in [6, 6.07) is 3.96. The molecule has 8 nitrogen and oxygen atoms in total. The summed E-state index contributed by atoms with van der Waals surface area (Å²) in [6.45, 7) is 5.18. The second kappa shape index (κ2) is 6.64. The fourth-order valence-corrected chi connectivity index (χ4v) is 2.31. The molecule has 0 aromatic heterocycles. The van der Waals surface area contributed by atoms with Gasteiger partial charge < -0.3 is 9.47 Å². The first-order chi connectivity index (χ1) is 10.8. The van der Waals surface area contributed by atoms with Crippen molar-refractivity contribution in [1.82, 2.24) is 0 Å². The number of carbonyl (C=O) groups excluding carboxylic acids is 2. The van der Waals surface area contributed by atoms with Crippen LogP contribution in [-0.4, -0.2) is 36.1 Å². The highest BCUT2D eigenvalue weighted by Gasteiger charge is 2.38. The van der Waals surface area contributed by atoms with Crippen LogP contribution >= 0.6 is 0 Å². The van der Waals surface area contributed by atoms with Gasteiger partial charge in [-0.15, -0.1) is 0 Å². The fraction of sp³-hybridized carbons (Fsp3) is 0.467. The van der Waals surface area contributed by atoms with Crippen LogP contribution in [0.1, 0.15) is 20.8 Å². The monoisotopic (exact) mass is 322 g/mol. The lowest BCUT2D eigenvalue weighted by molar-refractivity contribution is -0.384. The molecule has 0 bridgehead atoms. The molecule has 1 aliphatic rings. The number of hydrogen-bond donors (Lipinski definition) is 0. The molecule has 1 aliphatic heterocycles. The molecule has 0 aliphatic carbocycles. The second-order valence-corrected chi connectivity index (χ2v) is 5.42. The number of esters is 1. The van der Waals surface area contributed by atoms with E-state index in [-0.39, 0.29) is 30.4 Å². The van der Waals surface area contributed by atoms with Crippen molar-refractivity contribution in [3.8, 4) is 5.75 Å². The summed E-state index contributed by atoms with van der Waals surface area (Å²) < 4.78 is 10.5. The maximum Gasteiger partial charge on any atom is 0.326 e. The number of benzene rings is 1. The van der Waals surface area contributed by atoms with Crippen molar-refractivity contribution in [1.29, 1.82) is 0 Å². The van der Waals surface area contributed by atoms with Gasteiger partial charge in [-0.1, -0.05) is 13.8 Å². The van der Waals surface area contributed by atoms with Crippen LogP contribution in [0.2, 0.25) is 0 Å². The van der Waals surface area contributed by atoms with Gasteiger partial charge in [0.25, 0.3) is 11.6 Å². The van der Waals surface area contributed by atoms with E-state index in [1.807, 2.05) is 13.8 Å². The zero-order valence-electron chi connectivity index (χ0n) is 13.1. The second-order valence-electron chi connectivity index (χ2n) is 5.42. The van der Waals surface area contributed by atoms with E-state index in [9.17, 15) is 19.7 Å². The molecule has 1 aromatic carbocycles. The first-order valence-corrected chi connectivity index (χ1v) is 7.27. The van der Waals surface area contributed by atoms with Crippen molar-refractivity contribution in [2.24, 2.45) is 5.92 Å². The summed E-state index contributed by atoms with van der Waals surface area (Å²) >= 11 is 0. The van der Waals surface area contributed by atoms with Crippen molar-refractivity contribution in [3.05, 3.63) is 28.3 Å². The van der Waals surface area contributed by atoms with Gasteiger partial charge in [-0.2, -0.15) is 0 Å². The molecule has 1 aromatic rings. The number of hydrogen-bond acceptors (Lipinski definition) is 6. The molecule has 0 N–H and O–H groups in total. The lowest BCUT2D eigenvalue weighted by atomic mass is 10.0. The Bertz CT molecular complexity index is 643. The van der Waals surface area contributed by atoms with E-state index >= 15 is 0 Å². The zero-order chi connectivity index (χ0) is 17.1. The predicted octanol–water partition coefficient (Wildman–Crippen LogP) is 1.91. The number of ether oxygens (including phenoxy) is 2. The normalized spacial score (nSPS) is 16.8. The van der Waals surface area contributed by atoms with Gasteiger partial charge in [0.1, 0.15) is 12.3 Å². The van der Waals surface area contributed by atoms with Crippen LogP contribution in [0.3, 0.4) is 0 Å². The third-order valence-electron chi connectivity index (χ3n) is 3.41. The van der Waals surface area contributed by atoms with Crippen LogP contribution in [0.15, 0.2) is 18.2 Å². The molecule has 0 radical (unpaired) electrons. The van der Waals surface area contributed by atoms with E-state index in [0.717, 1.165) is 0 Å². The van der Waals surface area contributed by atoms with E-state index in [4.69, 9.17) is 9.47 Å². The molecular weight excluding hydrogens is 304 g/mol. The van der Waals surface area contributed by atoms with Crippen LogP contribution in [0.5, 0.6) is 5.75 Å². The Morgan fingerprint density at radius 3 is 2.74 bits per heavy atom. The first-order valence-electron chi connectivity index (χ1n) is 7.27. The molecule has 1 heterocycles. The van der Waals surface area contributed by atoms with Crippen LogP contribution in [0, 0.1) is 16.0 Å². The average molecular weight is 322 g/mol. The van der Waals surface area contributed by atoms with Crippen molar-refractivity contribution >= 4 is 23.3 Å². The molecule has 23 heavy (non-hydrogen) atoms. The number of fused-ring (bicyclic) bond motifs is 1. The lowest BCUT2D eigenvalue weighted by Gasteiger charge is -2.35. The highest BCUT2D eigenvalue weighted by Crippen LogP contribution is 2.38. The van der Waals surface area contributed by atoms with Gasteiger partial charge in [0.15, 0.2) is 6.10 Å². The number of carbonyl (C=O) groups is 2. The van der Waals surface area contributed by atoms with Gasteiger partial charge in [0.05, 0.1) is 17.2 Å². The van der Waals surface area contributed by atoms with Crippen LogP contribution in [-0.2, 0) is 14.3 Å². The number of nitro groups is 1. The molecule has 0 fully saturated rings. The summed E-state index contributed by atoms with van der Waals surface area (Å²) in [6.07, 6.45) is -0.751.